The summed E-state index contributed by atoms with van der Waals surface area (Å²) in [5.41, 5.74) is 8.60. The van der Waals surface area contributed by atoms with E-state index in [4.69, 9.17) is 0 Å². The average Bonchev–Trinajstić information content (AvgIpc) is 2.66. The van der Waals surface area contributed by atoms with E-state index in [1.54, 1.807) is 0 Å². The number of aryl methyl sites for hydroxylation is 6. The highest BCUT2D eigenvalue weighted by Gasteiger charge is 2.18. The lowest BCUT2D eigenvalue weighted by Crippen LogP contribution is -2.05. The second-order valence-corrected chi connectivity index (χ2v) is 7.73. The molecule has 0 saturated carbocycles. The Hall–Kier alpha value is -2.74. The van der Waals surface area contributed by atoms with Crippen molar-refractivity contribution >= 4 is 0 Å². The summed E-state index contributed by atoms with van der Waals surface area (Å²) in [7, 11) is 0. The highest BCUT2D eigenvalue weighted by molar-refractivity contribution is 5.53. The van der Waals surface area contributed by atoms with E-state index >= 15 is 0 Å². The maximum Gasteiger partial charge on any atom is 0.122 e. The van der Waals surface area contributed by atoms with Gasteiger partial charge in [0, 0.05) is 17.5 Å². The van der Waals surface area contributed by atoms with Crippen LogP contribution in [0.15, 0.2) is 48.5 Å². The van der Waals surface area contributed by atoms with E-state index in [2.05, 4.69) is 36.4 Å². The van der Waals surface area contributed by atoms with Crippen molar-refractivity contribution in [2.75, 3.05) is 0 Å². The highest BCUT2D eigenvalue weighted by atomic mass is 16.3. The monoisotopic (exact) mass is 358 g/mol. The second-order valence-electron chi connectivity index (χ2n) is 7.73. The molecule has 3 aromatic carbocycles. The topological polar surface area (TPSA) is 40.5 Å². The maximum absolute atomic E-state index is 11.1. The zero-order valence-electron chi connectivity index (χ0n) is 16.0. The summed E-state index contributed by atoms with van der Waals surface area (Å²) in [6.45, 7) is 3.94. The molecule has 0 fully saturated rings. The van der Waals surface area contributed by atoms with Crippen LogP contribution in [0.25, 0.3) is 0 Å². The van der Waals surface area contributed by atoms with Gasteiger partial charge in [0.15, 0.2) is 0 Å². The van der Waals surface area contributed by atoms with Crippen LogP contribution in [0.2, 0.25) is 0 Å². The van der Waals surface area contributed by atoms with Crippen molar-refractivity contribution in [3.63, 3.8) is 0 Å². The predicted molar refractivity (Wildman–Crippen MR) is 110 cm³/mol. The SMILES string of the molecule is Cc1ccc(C)c(Cc2c3ccc(c2O)CCc2ccc(cc2)CC3)c1O. The molecule has 4 aliphatic rings. The molecule has 0 atom stereocenters. The van der Waals surface area contributed by atoms with Gasteiger partial charge in [0.05, 0.1) is 0 Å². The van der Waals surface area contributed by atoms with Crippen LogP contribution < -0.4 is 0 Å². The Kier molecular flexibility index (Phi) is 4.65. The molecule has 2 N–H and O–H groups in total. The van der Waals surface area contributed by atoms with Gasteiger partial charge >= 0.3 is 0 Å². The van der Waals surface area contributed by atoms with Gasteiger partial charge in [-0.2, -0.15) is 0 Å². The standard InChI is InChI=1S/C25H26O2/c1-16-3-4-17(2)24(26)22(16)15-23-20-11-9-18-5-7-19(8-6-18)10-12-21(14-13-20)25(23)27/h3-8,13-14,26-27H,9-12,15H2,1-2H3. The molecule has 0 saturated heterocycles. The summed E-state index contributed by atoms with van der Waals surface area (Å²) < 4.78 is 0. The fourth-order valence-electron chi connectivity index (χ4n) is 4.04. The number of rotatable bonds is 2. The molecule has 0 radical (unpaired) electrons. The molecule has 0 aromatic heterocycles. The third-order valence-corrected chi connectivity index (χ3v) is 5.92. The van der Waals surface area contributed by atoms with E-state index in [0.29, 0.717) is 17.9 Å². The summed E-state index contributed by atoms with van der Waals surface area (Å²) in [6, 6.07) is 17.1. The lowest BCUT2D eigenvalue weighted by Gasteiger charge is -2.19. The van der Waals surface area contributed by atoms with Gasteiger partial charge in [0.2, 0.25) is 0 Å². The number of hydrogen-bond donors (Lipinski definition) is 2. The van der Waals surface area contributed by atoms with Crippen LogP contribution in [0.4, 0.5) is 0 Å². The van der Waals surface area contributed by atoms with E-state index in [9.17, 15) is 10.2 Å². The van der Waals surface area contributed by atoms with Crippen LogP contribution >= 0.6 is 0 Å². The summed E-state index contributed by atoms with van der Waals surface area (Å²) in [5.74, 6) is 0.754. The number of hydrogen-bond acceptors (Lipinski definition) is 2. The normalized spacial score (nSPS) is 13.4. The number of aromatic hydroxyl groups is 2. The zero-order chi connectivity index (χ0) is 19.0. The summed E-state index contributed by atoms with van der Waals surface area (Å²) in [6.07, 6.45) is 4.13. The molecule has 27 heavy (non-hydrogen) atoms. The van der Waals surface area contributed by atoms with Crippen LogP contribution in [-0.4, -0.2) is 10.2 Å². The third-order valence-electron chi connectivity index (χ3n) is 5.92. The Balaban J connectivity index is 1.79. The predicted octanol–water partition coefficient (Wildman–Crippen LogP) is 5.19. The van der Waals surface area contributed by atoms with Crippen LogP contribution in [0, 0.1) is 13.8 Å². The first-order valence-electron chi connectivity index (χ1n) is 9.71. The van der Waals surface area contributed by atoms with E-state index in [1.165, 1.54) is 16.7 Å². The van der Waals surface area contributed by atoms with Gasteiger partial charge < -0.3 is 10.2 Å². The van der Waals surface area contributed by atoms with Gasteiger partial charge in [-0.25, -0.2) is 0 Å². The Morgan fingerprint density at radius 1 is 0.593 bits per heavy atom. The van der Waals surface area contributed by atoms with Crippen molar-refractivity contribution < 1.29 is 10.2 Å². The maximum atomic E-state index is 11.1. The molecule has 7 rings (SSSR count). The molecule has 0 unspecified atom stereocenters. The first kappa shape index (κ1) is 17.7. The molecule has 0 heterocycles. The smallest absolute Gasteiger partial charge is 0.122 e. The summed E-state index contributed by atoms with van der Waals surface area (Å²) >= 11 is 0. The number of phenols is 2. The van der Waals surface area contributed by atoms with Crippen LogP contribution in [0.1, 0.15) is 44.5 Å². The molecule has 138 valence electrons. The summed E-state index contributed by atoms with van der Waals surface area (Å²) in [4.78, 5) is 0. The van der Waals surface area contributed by atoms with Crippen molar-refractivity contribution in [2.24, 2.45) is 0 Å². The largest absolute Gasteiger partial charge is 0.507 e. The minimum absolute atomic E-state index is 0.349. The lowest BCUT2D eigenvalue weighted by molar-refractivity contribution is 0.455. The molecule has 0 aliphatic heterocycles. The fraction of sp³-hybridized carbons (Fsp3) is 0.280. The molecule has 4 aliphatic carbocycles. The van der Waals surface area contributed by atoms with E-state index < -0.39 is 0 Å². The minimum Gasteiger partial charge on any atom is -0.507 e. The van der Waals surface area contributed by atoms with Gasteiger partial charge in [0.25, 0.3) is 0 Å². The van der Waals surface area contributed by atoms with Crippen molar-refractivity contribution in [3.8, 4) is 11.5 Å². The molecule has 2 nitrogen and oxygen atoms in total. The van der Waals surface area contributed by atoms with Crippen molar-refractivity contribution in [1.82, 2.24) is 0 Å². The third kappa shape index (κ3) is 3.44. The molecule has 0 amide bonds. The molecular weight excluding hydrogens is 332 g/mol. The Morgan fingerprint density at radius 2 is 1.15 bits per heavy atom. The Labute approximate surface area is 161 Å². The van der Waals surface area contributed by atoms with Crippen molar-refractivity contribution in [2.45, 2.75) is 46.0 Å². The molecule has 3 aromatic rings. The summed E-state index contributed by atoms with van der Waals surface area (Å²) in [5, 5.41) is 21.7. The van der Waals surface area contributed by atoms with Gasteiger partial charge in [-0.1, -0.05) is 48.5 Å². The van der Waals surface area contributed by atoms with Crippen molar-refractivity contribution in [1.29, 1.82) is 0 Å². The van der Waals surface area contributed by atoms with E-state index in [1.807, 2.05) is 26.0 Å². The van der Waals surface area contributed by atoms with Gasteiger partial charge in [-0.05, 0) is 72.9 Å². The van der Waals surface area contributed by atoms with Crippen LogP contribution in [0.3, 0.4) is 0 Å². The Morgan fingerprint density at radius 3 is 1.81 bits per heavy atom. The molecule has 2 heteroatoms. The van der Waals surface area contributed by atoms with Crippen molar-refractivity contribution in [3.05, 3.63) is 93.0 Å². The highest BCUT2D eigenvalue weighted by Crippen LogP contribution is 2.35. The van der Waals surface area contributed by atoms with Gasteiger partial charge in [-0.15, -0.1) is 0 Å². The lowest BCUT2D eigenvalue weighted by atomic mass is 9.88. The fourth-order valence-corrected chi connectivity index (χ4v) is 4.04. The van der Waals surface area contributed by atoms with E-state index in [-0.39, 0.29) is 0 Å². The first-order valence-corrected chi connectivity index (χ1v) is 9.71. The van der Waals surface area contributed by atoms with Crippen LogP contribution in [0.5, 0.6) is 11.5 Å². The van der Waals surface area contributed by atoms with Crippen LogP contribution in [-0.2, 0) is 32.1 Å². The first-order chi connectivity index (χ1) is 13.0. The number of benzene rings is 3. The molecule has 0 spiro atoms. The Bertz CT molecular complexity index is 984. The minimum atomic E-state index is 0.349. The second kappa shape index (κ2) is 7.11. The number of phenolic OH excluding ortho intramolecular Hbond substituents is 2. The van der Waals surface area contributed by atoms with Gasteiger partial charge in [-0.3, -0.25) is 0 Å². The zero-order valence-corrected chi connectivity index (χ0v) is 16.0. The average molecular weight is 358 g/mol. The quantitative estimate of drug-likeness (QED) is 0.662. The van der Waals surface area contributed by atoms with E-state index in [0.717, 1.165) is 53.5 Å². The van der Waals surface area contributed by atoms with Gasteiger partial charge in [0.1, 0.15) is 11.5 Å². The molecular formula is C25H26O2. The molecule has 4 bridgehead atoms.